The lowest BCUT2D eigenvalue weighted by Crippen LogP contribution is -2.26. The molecule has 0 radical (unpaired) electrons. The number of nitrogens with zero attached hydrogens (tertiary/aromatic N) is 2. The zero-order valence-corrected chi connectivity index (χ0v) is 21.1. The van der Waals surface area contributed by atoms with E-state index in [9.17, 15) is 9.18 Å². The summed E-state index contributed by atoms with van der Waals surface area (Å²) in [6, 6.07) is 36.7. The Bertz CT molecular complexity index is 1370. The van der Waals surface area contributed by atoms with Crippen LogP contribution in [0.5, 0.6) is 0 Å². The highest BCUT2D eigenvalue weighted by Crippen LogP contribution is 2.51. The first-order chi connectivity index (χ1) is 18.1. The molecule has 0 spiro atoms. The fourth-order valence-electron chi connectivity index (χ4n) is 4.43. The molecule has 5 rings (SSSR count). The Hall–Kier alpha value is -4.16. The first kappa shape index (κ1) is 24.5. The monoisotopic (exact) mass is 508 g/mol. The van der Waals surface area contributed by atoms with Gasteiger partial charge in [-0.1, -0.05) is 103 Å². The van der Waals surface area contributed by atoms with E-state index in [1.807, 2.05) is 54.6 Å². The Morgan fingerprint density at radius 2 is 1.30 bits per heavy atom. The van der Waals surface area contributed by atoms with Gasteiger partial charge in [-0.05, 0) is 47.9 Å². The number of benzene rings is 4. The van der Waals surface area contributed by atoms with Crippen molar-refractivity contribution < 1.29 is 13.9 Å². The summed E-state index contributed by atoms with van der Waals surface area (Å²) in [5.74, 6) is -0.848. The van der Waals surface area contributed by atoms with E-state index in [4.69, 9.17) is 9.72 Å². The first-order valence-corrected chi connectivity index (χ1v) is 12.8. The molecule has 4 nitrogen and oxygen atoms in total. The molecule has 0 fully saturated rings. The first-order valence-electron chi connectivity index (χ1n) is 12.0. The third-order valence-electron chi connectivity index (χ3n) is 6.08. The highest BCUT2D eigenvalue weighted by atomic mass is 32.2. The maximum atomic E-state index is 13.8. The SMILES string of the molecule is CCOC(=O)c1cnc(SC(c2ccccc2)(c2ccccc2)c2ccccc2)n1-c1ccc(F)cc1. The third-order valence-corrected chi connectivity index (χ3v) is 7.57. The van der Waals surface area contributed by atoms with Gasteiger partial charge in [0.25, 0.3) is 0 Å². The number of hydrogen-bond donors (Lipinski definition) is 0. The number of halogens is 1. The number of ether oxygens (including phenoxy) is 1. The summed E-state index contributed by atoms with van der Waals surface area (Å²) in [6.07, 6.45) is 1.52. The van der Waals surface area contributed by atoms with Crippen LogP contribution in [0.3, 0.4) is 0 Å². The largest absolute Gasteiger partial charge is 0.461 e. The van der Waals surface area contributed by atoms with Crippen LogP contribution >= 0.6 is 11.8 Å². The van der Waals surface area contributed by atoms with Crippen molar-refractivity contribution in [1.82, 2.24) is 9.55 Å². The van der Waals surface area contributed by atoms with Crippen molar-refractivity contribution in [3.05, 3.63) is 150 Å². The molecule has 0 atom stereocenters. The molecule has 0 aliphatic rings. The molecule has 0 N–H and O–H groups in total. The number of carbonyl (C=O) groups is 1. The number of esters is 1. The van der Waals surface area contributed by atoms with E-state index in [1.165, 1.54) is 30.1 Å². The molecule has 37 heavy (non-hydrogen) atoms. The van der Waals surface area contributed by atoms with Gasteiger partial charge in [-0.3, -0.25) is 4.57 Å². The quantitative estimate of drug-likeness (QED) is 0.126. The maximum Gasteiger partial charge on any atom is 0.357 e. The zero-order chi connectivity index (χ0) is 25.7. The van der Waals surface area contributed by atoms with Crippen molar-refractivity contribution in [2.45, 2.75) is 16.8 Å². The highest BCUT2D eigenvalue weighted by molar-refractivity contribution is 8.00. The molecule has 0 aliphatic heterocycles. The van der Waals surface area contributed by atoms with Gasteiger partial charge in [0.2, 0.25) is 0 Å². The standard InChI is InChI=1S/C31H25FN2O2S/c1-2-36-29(35)28-22-33-30(34(28)27-20-18-26(32)19-21-27)37-31(23-12-6-3-7-13-23,24-14-8-4-9-15-24)25-16-10-5-11-17-25/h3-22H,2H2,1H3. The fraction of sp³-hybridized carbons (Fsp3) is 0.0968. The van der Waals surface area contributed by atoms with Crippen molar-refractivity contribution in [2.24, 2.45) is 0 Å². The molecule has 0 saturated heterocycles. The van der Waals surface area contributed by atoms with Gasteiger partial charge in [-0.2, -0.15) is 0 Å². The van der Waals surface area contributed by atoms with Crippen LogP contribution in [0.1, 0.15) is 34.1 Å². The number of imidazole rings is 1. The van der Waals surface area contributed by atoms with Gasteiger partial charge in [-0.15, -0.1) is 0 Å². The number of rotatable bonds is 8. The predicted octanol–water partition coefficient (Wildman–Crippen LogP) is 7.27. The van der Waals surface area contributed by atoms with E-state index >= 15 is 0 Å². The third kappa shape index (κ3) is 4.80. The second-order valence-corrected chi connectivity index (χ2v) is 9.52. The van der Waals surface area contributed by atoms with E-state index in [1.54, 1.807) is 23.6 Å². The van der Waals surface area contributed by atoms with Gasteiger partial charge >= 0.3 is 5.97 Å². The average molecular weight is 509 g/mol. The van der Waals surface area contributed by atoms with Gasteiger partial charge in [0.1, 0.15) is 5.82 Å². The second-order valence-electron chi connectivity index (χ2n) is 8.34. The lowest BCUT2D eigenvalue weighted by Gasteiger charge is -2.35. The van der Waals surface area contributed by atoms with Gasteiger partial charge in [0.15, 0.2) is 10.9 Å². The summed E-state index contributed by atoms with van der Waals surface area (Å²) in [4.78, 5) is 17.6. The predicted molar refractivity (Wildman–Crippen MR) is 145 cm³/mol. The molecular weight excluding hydrogens is 483 g/mol. The normalized spacial score (nSPS) is 11.3. The topological polar surface area (TPSA) is 44.1 Å². The number of aromatic nitrogens is 2. The van der Waals surface area contributed by atoms with E-state index in [0.29, 0.717) is 10.8 Å². The molecule has 0 bridgehead atoms. The summed E-state index contributed by atoms with van der Waals surface area (Å²) in [5, 5.41) is 0.575. The summed E-state index contributed by atoms with van der Waals surface area (Å²) in [6.45, 7) is 2.00. The molecule has 0 aliphatic carbocycles. The summed E-state index contributed by atoms with van der Waals surface area (Å²) >= 11 is 1.53. The minimum absolute atomic E-state index is 0.234. The lowest BCUT2D eigenvalue weighted by atomic mass is 9.84. The number of carbonyl (C=O) groups excluding carboxylic acids is 1. The molecule has 0 unspecified atom stereocenters. The molecule has 5 aromatic rings. The molecule has 0 saturated carbocycles. The second kappa shape index (κ2) is 10.8. The van der Waals surface area contributed by atoms with Crippen LogP contribution in [-0.4, -0.2) is 22.1 Å². The van der Waals surface area contributed by atoms with Crippen LogP contribution in [0.25, 0.3) is 5.69 Å². The molecule has 6 heteroatoms. The molecule has 184 valence electrons. The van der Waals surface area contributed by atoms with Gasteiger partial charge in [0, 0.05) is 5.69 Å². The average Bonchev–Trinajstić information content (AvgIpc) is 3.37. The summed E-state index contributed by atoms with van der Waals surface area (Å²) < 4.78 is 20.2. The zero-order valence-electron chi connectivity index (χ0n) is 20.3. The highest BCUT2D eigenvalue weighted by Gasteiger charge is 2.39. The molecule has 4 aromatic carbocycles. The minimum Gasteiger partial charge on any atom is -0.461 e. The van der Waals surface area contributed by atoms with E-state index in [0.717, 1.165) is 16.7 Å². The lowest BCUT2D eigenvalue weighted by molar-refractivity contribution is 0.0516. The smallest absolute Gasteiger partial charge is 0.357 e. The van der Waals surface area contributed by atoms with Crippen molar-refractivity contribution in [3.63, 3.8) is 0 Å². The molecule has 1 aromatic heterocycles. The number of thioether (sulfide) groups is 1. The van der Waals surface area contributed by atoms with Crippen molar-refractivity contribution in [2.75, 3.05) is 6.61 Å². The summed E-state index contributed by atoms with van der Waals surface area (Å²) in [7, 11) is 0. The Morgan fingerprint density at radius 3 is 1.76 bits per heavy atom. The van der Waals surface area contributed by atoms with E-state index < -0.39 is 10.7 Å². The van der Waals surface area contributed by atoms with Crippen molar-refractivity contribution >= 4 is 17.7 Å². The number of hydrogen-bond acceptors (Lipinski definition) is 4. The maximum absolute atomic E-state index is 13.8. The van der Waals surface area contributed by atoms with E-state index in [2.05, 4.69) is 36.4 Å². The van der Waals surface area contributed by atoms with Crippen LogP contribution in [0.2, 0.25) is 0 Å². The van der Waals surface area contributed by atoms with Crippen LogP contribution < -0.4 is 0 Å². The van der Waals surface area contributed by atoms with Gasteiger partial charge < -0.3 is 4.74 Å². The minimum atomic E-state index is -0.696. The molecule has 1 heterocycles. The Kier molecular flexibility index (Phi) is 7.19. The van der Waals surface area contributed by atoms with E-state index in [-0.39, 0.29) is 18.1 Å². The Morgan fingerprint density at radius 1 is 0.811 bits per heavy atom. The van der Waals surface area contributed by atoms with Crippen molar-refractivity contribution in [1.29, 1.82) is 0 Å². The fourth-order valence-corrected chi connectivity index (χ4v) is 5.86. The molecular formula is C31H25FN2O2S. The van der Waals surface area contributed by atoms with Crippen LogP contribution in [0.4, 0.5) is 4.39 Å². The van der Waals surface area contributed by atoms with Crippen LogP contribution in [0.15, 0.2) is 127 Å². The summed E-state index contributed by atoms with van der Waals surface area (Å²) in [5.41, 5.74) is 4.07. The van der Waals surface area contributed by atoms with Crippen molar-refractivity contribution in [3.8, 4) is 5.69 Å². The van der Waals surface area contributed by atoms with Crippen LogP contribution in [-0.2, 0) is 9.48 Å². The Labute approximate surface area is 219 Å². The van der Waals surface area contributed by atoms with Crippen LogP contribution in [0, 0.1) is 5.82 Å². The molecule has 0 amide bonds. The van der Waals surface area contributed by atoms with Gasteiger partial charge in [0.05, 0.1) is 17.6 Å². The Balaban J connectivity index is 1.78. The van der Waals surface area contributed by atoms with Gasteiger partial charge in [-0.25, -0.2) is 14.2 Å².